The van der Waals surface area contributed by atoms with Crippen molar-refractivity contribution in [2.75, 3.05) is 10.6 Å². The molecular weight excluding hydrogens is 509 g/mol. The highest BCUT2D eigenvalue weighted by molar-refractivity contribution is 7.98. The van der Waals surface area contributed by atoms with E-state index in [4.69, 9.17) is 16.7 Å². The second kappa shape index (κ2) is 10.4. The minimum atomic E-state index is -0.583. The molecule has 2 N–H and O–H groups in total. The van der Waals surface area contributed by atoms with Crippen LogP contribution < -0.4 is 10.6 Å². The van der Waals surface area contributed by atoms with E-state index in [-0.39, 0.29) is 11.7 Å². The number of hydrogen-bond donors (Lipinski definition) is 2. The molecule has 9 heteroatoms. The van der Waals surface area contributed by atoms with E-state index in [0.29, 0.717) is 33.2 Å². The Balaban J connectivity index is 1.48. The van der Waals surface area contributed by atoms with Crippen molar-refractivity contribution in [3.8, 4) is 0 Å². The van der Waals surface area contributed by atoms with Crippen LogP contribution in [0.2, 0.25) is 5.02 Å². The molecule has 5 rings (SSSR count). The Kier molecular flexibility index (Phi) is 7.04. The normalized spacial score (nSPS) is 14.8. The number of aryl methyl sites for hydroxylation is 2. The molecule has 0 bridgehead atoms. The highest BCUT2D eigenvalue weighted by atomic mass is 35.5. The lowest BCUT2D eigenvalue weighted by Gasteiger charge is -2.28. The fraction of sp³-hybridized carbons (Fsp3) is 0.179. The summed E-state index contributed by atoms with van der Waals surface area (Å²) in [5.41, 5.74) is 5.78. The third kappa shape index (κ3) is 5.40. The van der Waals surface area contributed by atoms with Gasteiger partial charge < -0.3 is 10.6 Å². The summed E-state index contributed by atoms with van der Waals surface area (Å²) < 4.78 is 15.5. The van der Waals surface area contributed by atoms with E-state index < -0.39 is 6.04 Å². The summed E-state index contributed by atoms with van der Waals surface area (Å²) in [6.45, 7) is 5.81. The average Bonchev–Trinajstić information content (AvgIpc) is 3.27. The minimum absolute atomic E-state index is 0.261. The first kappa shape index (κ1) is 25.0. The Labute approximate surface area is 224 Å². The summed E-state index contributed by atoms with van der Waals surface area (Å²) >= 11 is 7.48. The zero-order valence-corrected chi connectivity index (χ0v) is 22.1. The molecule has 2 heterocycles. The van der Waals surface area contributed by atoms with Crippen LogP contribution in [0.4, 0.5) is 16.0 Å². The van der Waals surface area contributed by atoms with E-state index in [1.807, 2.05) is 63.2 Å². The molecule has 1 aliphatic heterocycles. The molecule has 37 heavy (non-hydrogen) atoms. The van der Waals surface area contributed by atoms with E-state index in [1.54, 1.807) is 16.8 Å². The minimum Gasteiger partial charge on any atom is -0.328 e. The number of fused-ring (bicyclic) bond motifs is 1. The summed E-state index contributed by atoms with van der Waals surface area (Å²) in [6.07, 6.45) is 0. The Bertz CT molecular complexity index is 1500. The van der Waals surface area contributed by atoms with Crippen LogP contribution in [0.1, 0.15) is 35.2 Å². The van der Waals surface area contributed by atoms with Crippen LogP contribution in [0.15, 0.2) is 83.2 Å². The van der Waals surface area contributed by atoms with Crippen LogP contribution in [-0.4, -0.2) is 20.7 Å². The Morgan fingerprint density at radius 3 is 2.51 bits per heavy atom. The van der Waals surface area contributed by atoms with Crippen LogP contribution in [-0.2, 0) is 10.5 Å². The number of allylic oxidation sites excluding steroid dienone is 1. The third-order valence-corrected chi connectivity index (χ3v) is 7.34. The fourth-order valence-corrected chi connectivity index (χ4v) is 5.22. The van der Waals surface area contributed by atoms with Gasteiger partial charge in [-0.3, -0.25) is 4.79 Å². The quantitative estimate of drug-likeness (QED) is 0.263. The van der Waals surface area contributed by atoms with Crippen LogP contribution in [0.5, 0.6) is 0 Å². The summed E-state index contributed by atoms with van der Waals surface area (Å²) in [5, 5.41) is 12.3. The lowest BCUT2D eigenvalue weighted by Crippen LogP contribution is -2.31. The Morgan fingerprint density at radius 1 is 1.08 bits per heavy atom. The molecule has 3 aromatic carbocycles. The maximum Gasteiger partial charge on any atom is 0.255 e. The van der Waals surface area contributed by atoms with Crippen LogP contribution in [0, 0.1) is 19.7 Å². The standard InChI is InChI=1S/C28H25ClFN5OS/c1-16-4-13-23(17(2)14-16)32-26(36)24-18(3)31-27-33-28(37-15-19-5-9-21(29)10-6-19)34-35(27)25(24)20-7-11-22(30)12-8-20/h4-14,25H,15H2,1-3H3,(H,32,36)(H,31,33,34)/t25-/m0/s1. The first-order valence-corrected chi connectivity index (χ1v) is 13.1. The number of thioether (sulfide) groups is 1. The van der Waals surface area contributed by atoms with Crippen molar-refractivity contribution in [1.82, 2.24) is 14.8 Å². The van der Waals surface area contributed by atoms with Crippen molar-refractivity contribution in [1.29, 1.82) is 0 Å². The number of benzene rings is 3. The second-order valence-electron chi connectivity index (χ2n) is 8.97. The number of nitrogens with zero attached hydrogens (tertiary/aromatic N) is 3. The molecule has 6 nitrogen and oxygen atoms in total. The van der Waals surface area contributed by atoms with Crippen molar-refractivity contribution < 1.29 is 9.18 Å². The largest absolute Gasteiger partial charge is 0.328 e. The predicted octanol–water partition coefficient (Wildman–Crippen LogP) is 6.91. The van der Waals surface area contributed by atoms with Gasteiger partial charge in [0.2, 0.25) is 11.1 Å². The molecule has 1 atom stereocenters. The van der Waals surface area contributed by atoms with Gasteiger partial charge in [-0.25, -0.2) is 9.07 Å². The molecule has 1 aromatic heterocycles. The number of halogens is 2. The zero-order chi connectivity index (χ0) is 26.1. The maximum absolute atomic E-state index is 13.8. The number of amides is 1. The fourth-order valence-electron chi connectivity index (χ4n) is 4.31. The predicted molar refractivity (Wildman–Crippen MR) is 146 cm³/mol. The van der Waals surface area contributed by atoms with Gasteiger partial charge in [-0.2, -0.15) is 4.98 Å². The van der Waals surface area contributed by atoms with E-state index in [9.17, 15) is 9.18 Å². The van der Waals surface area contributed by atoms with Crippen molar-refractivity contribution in [2.45, 2.75) is 37.7 Å². The summed E-state index contributed by atoms with van der Waals surface area (Å²) in [5.74, 6) is 0.572. The SMILES string of the molecule is CC1=C(C(=O)Nc2ccc(C)cc2C)[C@H](c2ccc(F)cc2)n2nc(SCc3ccc(Cl)cc3)nc2N1. The maximum atomic E-state index is 13.8. The molecule has 0 saturated carbocycles. The molecule has 0 radical (unpaired) electrons. The number of carbonyl (C=O) groups is 1. The lowest BCUT2D eigenvalue weighted by molar-refractivity contribution is -0.113. The summed E-state index contributed by atoms with van der Waals surface area (Å²) in [4.78, 5) is 18.3. The summed E-state index contributed by atoms with van der Waals surface area (Å²) in [7, 11) is 0. The van der Waals surface area contributed by atoms with E-state index >= 15 is 0 Å². The Morgan fingerprint density at radius 2 is 1.81 bits per heavy atom. The third-order valence-electron chi connectivity index (χ3n) is 6.17. The number of carbonyl (C=O) groups excluding carboxylic acids is 1. The monoisotopic (exact) mass is 533 g/mol. The van der Waals surface area contributed by atoms with Crippen molar-refractivity contribution >= 4 is 40.9 Å². The molecule has 0 unspecified atom stereocenters. The smallest absolute Gasteiger partial charge is 0.255 e. The van der Waals surface area contributed by atoms with Gasteiger partial charge in [-0.15, -0.1) is 5.10 Å². The topological polar surface area (TPSA) is 71.8 Å². The van der Waals surface area contributed by atoms with Crippen LogP contribution in [0.25, 0.3) is 0 Å². The van der Waals surface area contributed by atoms with Gasteiger partial charge in [0, 0.05) is 22.2 Å². The molecular formula is C28H25ClFN5OS. The molecule has 0 fully saturated rings. The molecule has 1 aliphatic rings. The van der Waals surface area contributed by atoms with Gasteiger partial charge in [0.1, 0.15) is 11.9 Å². The highest BCUT2D eigenvalue weighted by Crippen LogP contribution is 2.37. The number of hydrogen-bond acceptors (Lipinski definition) is 5. The first-order chi connectivity index (χ1) is 17.8. The summed E-state index contributed by atoms with van der Waals surface area (Å²) in [6, 6.07) is 19.0. The number of aromatic nitrogens is 3. The average molecular weight is 534 g/mol. The van der Waals surface area contributed by atoms with E-state index in [2.05, 4.69) is 15.6 Å². The van der Waals surface area contributed by atoms with Gasteiger partial charge in [-0.1, -0.05) is 65.3 Å². The van der Waals surface area contributed by atoms with Crippen molar-refractivity contribution in [3.05, 3.63) is 111 Å². The molecule has 0 saturated heterocycles. The van der Waals surface area contributed by atoms with Gasteiger partial charge in [0.05, 0.1) is 5.57 Å². The van der Waals surface area contributed by atoms with Crippen LogP contribution >= 0.6 is 23.4 Å². The Hall–Kier alpha value is -3.62. The van der Waals surface area contributed by atoms with E-state index in [1.165, 1.54) is 23.9 Å². The molecule has 1 amide bonds. The number of nitrogens with one attached hydrogen (secondary N) is 2. The van der Waals surface area contributed by atoms with Gasteiger partial charge in [-0.05, 0) is 67.8 Å². The van der Waals surface area contributed by atoms with E-state index in [0.717, 1.165) is 27.9 Å². The van der Waals surface area contributed by atoms with Gasteiger partial charge in [0.15, 0.2) is 0 Å². The lowest BCUT2D eigenvalue weighted by atomic mass is 9.95. The molecule has 0 spiro atoms. The first-order valence-electron chi connectivity index (χ1n) is 11.7. The van der Waals surface area contributed by atoms with Crippen molar-refractivity contribution in [3.63, 3.8) is 0 Å². The van der Waals surface area contributed by atoms with Gasteiger partial charge >= 0.3 is 0 Å². The molecule has 188 valence electrons. The number of rotatable bonds is 6. The zero-order valence-electron chi connectivity index (χ0n) is 20.5. The second-order valence-corrected chi connectivity index (χ2v) is 10.3. The van der Waals surface area contributed by atoms with Gasteiger partial charge in [0.25, 0.3) is 5.91 Å². The molecule has 4 aromatic rings. The number of anilines is 2. The van der Waals surface area contributed by atoms with Crippen molar-refractivity contribution in [2.24, 2.45) is 0 Å². The highest BCUT2D eigenvalue weighted by Gasteiger charge is 2.34. The van der Waals surface area contributed by atoms with Crippen LogP contribution in [0.3, 0.4) is 0 Å². The molecule has 0 aliphatic carbocycles.